The molecule has 0 saturated carbocycles. The number of H-pyrrole nitrogens is 1. The van der Waals surface area contributed by atoms with Crippen LogP contribution in [-0.2, 0) is 7.81 Å². The van der Waals surface area contributed by atoms with Crippen molar-refractivity contribution in [3.63, 3.8) is 0 Å². The first kappa shape index (κ1) is 13.1. The summed E-state index contributed by atoms with van der Waals surface area (Å²) in [6.45, 7) is 0.111. The van der Waals surface area contributed by atoms with E-state index >= 15 is 0 Å². The maximum atomic E-state index is 11.6. The molecule has 0 bridgehead atoms. The molecule has 0 aliphatic carbocycles. The Morgan fingerprint density at radius 3 is 2.89 bits per heavy atom. The van der Waals surface area contributed by atoms with E-state index in [0.717, 1.165) is 10.8 Å². The van der Waals surface area contributed by atoms with Gasteiger partial charge in [0.25, 0.3) is 5.56 Å². The number of aliphatic hydroxyl groups is 1. The Labute approximate surface area is 111 Å². The molecule has 1 aromatic heterocycles. The van der Waals surface area contributed by atoms with E-state index in [4.69, 9.17) is 11.2 Å². The summed E-state index contributed by atoms with van der Waals surface area (Å²) in [6.07, 6.45) is 4.25. The quantitative estimate of drug-likeness (QED) is 0.306. The summed E-state index contributed by atoms with van der Waals surface area (Å²) in [5.41, 5.74) is -1.43. The summed E-state index contributed by atoms with van der Waals surface area (Å²) in [5.74, 6) is 2.13. The molecule has 1 aliphatic heterocycles. The first-order valence-corrected chi connectivity index (χ1v) is 7.08. The minimum Gasteiger partial charge on any atom is -0.387 e. The van der Waals surface area contributed by atoms with E-state index in [9.17, 15) is 17.8 Å². The Morgan fingerprint density at radius 1 is 1.61 bits per heavy atom. The van der Waals surface area contributed by atoms with Gasteiger partial charge in [0.05, 0.1) is 10.5 Å². The summed E-state index contributed by atoms with van der Waals surface area (Å²) >= 11 is -1.44. The lowest BCUT2D eigenvalue weighted by Gasteiger charge is -2.17. The monoisotopic (exact) mass is 365 g/mol. The zero-order valence-electron chi connectivity index (χ0n) is 9.00. The van der Waals surface area contributed by atoms with Crippen molar-refractivity contribution in [2.75, 3.05) is 6.61 Å². The molecule has 0 spiro atoms. The van der Waals surface area contributed by atoms with Crippen LogP contribution in [0.4, 0.5) is 0 Å². The van der Waals surface area contributed by atoms with Gasteiger partial charge in [0, 0.05) is 6.20 Å². The van der Waals surface area contributed by atoms with Gasteiger partial charge in [0.2, 0.25) is 0 Å². The maximum absolute atomic E-state index is 11.6. The largest absolute Gasteiger partial charge is 0.387 e. The maximum Gasteiger partial charge on any atom is 0.330 e. The molecule has 96 valence electrons. The number of halogens is 1. The van der Waals surface area contributed by atoms with Crippen LogP contribution < -0.4 is 11.2 Å². The lowest BCUT2D eigenvalue weighted by Crippen LogP contribution is -2.37. The minimum atomic E-state index is -1.44. The van der Waals surface area contributed by atoms with Gasteiger partial charge >= 0.3 is 5.69 Å². The van der Waals surface area contributed by atoms with Crippen LogP contribution in [0.1, 0.15) is 11.8 Å². The molecular weight excluding hydrogens is 356 g/mol. The number of rotatable bonds is 2. The lowest BCUT2D eigenvalue weighted by atomic mass is 10.3. The molecule has 2 heterocycles. The lowest BCUT2D eigenvalue weighted by molar-refractivity contribution is -0.0115. The minimum absolute atomic E-state index is 0.0364. The molecule has 0 radical (unpaired) electrons. The van der Waals surface area contributed by atoms with Gasteiger partial charge in [0.1, 0.15) is 11.7 Å². The van der Waals surface area contributed by atoms with E-state index in [-0.39, 0.29) is 12.2 Å². The molecule has 8 heteroatoms. The average molecular weight is 365 g/mol. The number of ether oxygens (including phenoxy) is 1. The van der Waals surface area contributed by atoms with Gasteiger partial charge in [-0.25, -0.2) is 4.79 Å². The predicted molar refractivity (Wildman–Crippen MR) is 68.7 cm³/mol. The molecule has 1 aliphatic rings. The Kier molecular flexibility index (Phi) is 3.74. The summed E-state index contributed by atoms with van der Waals surface area (Å²) in [7, 11) is 0. The van der Waals surface area contributed by atoms with Crippen molar-refractivity contribution in [2.24, 2.45) is 0 Å². The van der Waals surface area contributed by atoms with E-state index in [1.54, 1.807) is 0 Å². The molecule has 1 aromatic rings. The number of nitrogens with zero attached hydrogens (tertiary/aromatic N) is 1. The summed E-state index contributed by atoms with van der Waals surface area (Å²) in [4.78, 5) is 24.9. The zero-order valence-corrected chi connectivity index (χ0v) is 11.2. The van der Waals surface area contributed by atoms with Gasteiger partial charge in [-0.2, -0.15) is 0 Å². The highest BCUT2D eigenvalue weighted by Crippen LogP contribution is 2.29. The second-order valence-electron chi connectivity index (χ2n) is 3.67. The van der Waals surface area contributed by atoms with Gasteiger partial charge in [0.15, 0.2) is 27.4 Å². The van der Waals surface area contributed by atoms with E-state index < -0.39 is 48.7 Å². The van der Waals surface area contributed by atoms with Crippen LogP contribution in [0.5, 0.6) is 0 Å². The number of terminal acetylenes is 1. The molecule has 0 unspecified atom stereocenters. The Balaban J connectivity index is 2.47. The fourth-order valence-corrected chi connectivity index (χ4v) is 2.68. The standard InChI is InChI=1S/C10H9IN2O5/c1-2-5-3-13(10(16)12-8(5)15)9-7(14)6(11-17)4-18-9/h1,3,6-7,9,14H,4H2,(H,12,15,16)/t6-,7-,9+/m0/s1/i2+1. The van der Waals surface area contributed by atoms with E-state index in [0.29, 0.717) is 0 Å². The number of aliphatic hydroxyl groups excluding tert-OH is 1. The van der Waals surface area contributed by atoms with Gasteiger partial charge in [-0.05, 0) is 0 Å². The highest BCUT2D eigenvalue weighted by Gasteiger charge is 2.38. The smallest absolute Gasteiger partial charge is 0.330 e. The van der Waals surface area contributed by atoms with Gasteiger partial charge in [-0.15, -0.1) is 6.42 Å². The average Bonchev–Trinajstić information content (AvgIpc) is 2.71. The molecule has 0 aromatic carbocycles. The van der Waals surface area contributed by atoms with Gasteiger partial charge in [-0.1, -0.05) is 5.92 Å². The van der Waals surface area contributed by atoms with E-state index in [2.05, 4.69) is 5.92 Å². The fourth-order valence-electron chi connectivity index (χ4n) is 1.67. The van der Waals surface area contributed by atoms with Crippen LogP contribution >= 0.6 is 21.2 Å². The Bertz CT molecular complexity index is 628. The number of hydrogen-bond acceptors (Lipinski definition) is 5. The number of alkyl halides is 1. The highest BCUT2D eigenvalue weighted by molar-refractivity contribution is 14.1. The van der Waals surface area contributed by atoms with E-state index in [1.165, 1.54) is 0 Å². The zero-order chi connectivity index (χ0) is 13.3. The Hall–Kier alpha value is -1.31. The topological polar surface area (TPSA) is 101 Å². The summed E-state index contributed by atoms with van der Waals surface area (Å²) < 4.78 is 16.6. The van der Waals surface area contributed by atoms with Crippen LogP contribution in [0, 0.1) is 12.3 Å². The normalized spacial score (nSPS) is 27.0. The third kappa shape index (κ3) is 2.16. The van der Waals surface area contributed by atoms with Crippen molar-refractivity contribution in [3.8, 4) is 12.3 Å². The number of aromatic nitrogens is 2. The second-order valence-corrected chi connectivity index (χ2v) is 5.78. The molecule has 2 rings (SSSR count). The second kappa shape index (κ2) is 5.13. The van der Waals surface area contributed by atoms with Gasteiger partial charge in [-0.3, -0.25) is 17.4 Å². The third-order valence-corrected chi connectivity index (χ3v) is 4.35. The van der Waals surface area contributed by atoms with Crippen molar-refractivity contribution in [3.05, 3.63) is 32.6 Å². The van der Waals surface area contributed by atoms with Crippen LogP contribution in [0.25, 0.3) is 0 Å². The summed E-state index contributed by atoms with van der Waals surface area (Å²) in [5, 5.41) is 9.86. The van der Waals surface area contributed by atoms with Gasteiger partial charge < -0.3 is 9.84 Å². The highest BCUT2D eigenvalue weighted by atomic mass is 127. The molecule has 7 nitrogen and oxygen atoms in total. The first-order valence-electron chi connectivity index (χ1n) is 4.96. The first-order chi connectivity index (χ1) is 8.58. The predicted octanol–water partition coefficient (Wildman–Crippen LogP) is -0.908. The fraction of sp³-hybridized carbons (Fsp3) is 0.400. The molecule has 1 saturated heterocycles. The molecule has 3 atom stereocenters. The molecule has 1 fully saturated rings. The van der Waals surface area contributed by atoms with Crippen molar-refractivity contribution < 1.29 is 12.9 Å². The summed E-state index contributed by atoms with van der Waals surface area (Å²) in [6, 6.07) is 0. The van der Waals surface area contributed by atoms with Crippen molar-refractivity contribution in [1.82, 2.24) is 9.55 Å². The van der Waals surface area contributed by atoms with Crippen LogP contribution in [0.3, 0.4) is 0 Å². The molecule has 0 amide bonds. The molecular formula is C10H9IN2O5. The number of nitrogens with one attached hydrogen (secondary N) is 1. The SMILES string of the molecule is C#[13C]c1cn([C@@H]2OC[C@H](I=O)[C@@H]2O)c(=O)[nH]c1=O. The third-order valence-electron chi connectivity index (χ3n) is 2.60. The molecule has 18 heavy (non-hydrogen) atoms. The van der Waals surface area contributed by atoms with Crippen LogP contribution in [-0.4, -0.2) is 31.3 Å². The van der Waals surface area contributed by atoms with Crippen LogP contribution in [0.15, 0.2) is 15.8 Å². The molecule has 2 N–H and O–H groups in total. The van der Waals surface area contributed by atoms with Crippen molar-refractivity contribution in [1.29, 1.82) is 0 Å². The number of hydrogen-bond donors (Lipinski definition) is 2. The Morgan fingerprint density at radius 2 is 2.33 bits per heavy atom. The van der Waals surface area contributed by atoms with E-state index in [1.807, 2.05) is 4.98 Å². The van der Waals surface area contributed by atoms with Crippen molar-refractivity contribution in [2.45, 2.75) is 16.3 Å². The number of aromatic amines is 1. The van der Waals surface area contributed by atoms with Crippen LogP contribution in [0.2, 0.25) is 0 Å². The van der Waals surface area contributed by atoms with Crippen molar-refractivity contribution >= 4 is 21.2 Å².